The number of ether oxygens (including phenoxy) is 2. The number of nitrogen functional groups attached to an aromatic ring is 1. The summed E-state index contributed by atoms with van der Waals surface area (Å²) < 4.78 is 17.6. The second-order valence-corrected chi connectivity index (χ2v) is 7.08. The highest BCUT2D eigenvalue weighted by Gasteiger charge is 2.22. The zero-order chi connectivity index (χ0) is 23.6. The number of carbonyl (C=O) groups is 2. The molecular weight excluding hydrogens is 420 g/mol. The molecule has 1 aromatic carbocycles. The Morgan fingerprint density at radius 3 is 2.53 bits per heavy atom. The van der Waals surface area contributed by atoms with Gasteiger partial charge >= 0.3 is 11.7 Å². The normalized spacial score (nSPS) is 10.8. The summed E-state index contributed by atoms with van der Waals surface area (Å²) in [6.45, 7) is 3.05. The van der Waals surface area contributed by atoms with Gasteiger partial charge in [0, 0.05) is 14.1 Å². The summed E-state index contributed by atoms with van der Waals surface area (Å²) in [4.78, 5) is 49.0. The first kappa shape index (κ1) is 22.5. The van der Waals surface area contributed by atoms with Crippen LogP contribution in [0, 0.1) is 13.8 Å². The molecule has 2 N–H and O–H groups in total. The predicted molar refractivity (Wildman–Crippen MR) is 113 cm³/mol. The van der Waals surface area contributed by atoms with E-state index in [1.165, 1.54) is 26.2 Å². The Morgan fingerprint density at radius 2 is 1.88 bits per heavy atom. The molecule has 11 nitrogen and oxygen atoms in total. The molecule has 0 spiro atoms. The summed E-state index contributed by atoms with van der Waals surface area (Å²) >= 11 is 0. The van der Waals surface area contributed by atoms with E-state index in [-0.39, 0.29) is 18.0 Å². The molecule has 0 fully saturated rings. The molecule has 0 amide bonds. The Labute approximate surface area is 182 Å². The van der Waals surface area contributed by atoms with Crippen LogP contribution in [0.3, 0.4) is 0 Å². The third kappa shape index (κ3) is 4.31. The van der Waals surface area contributed by atoms with Crippen molar-refractivity contribution in [1.82, 2.24) is 14.3 Å². The number of aromatic nitrogens is 3. The van der Waals surface area contributed by atoms with Gasteiger partial charge in [-0.3, -0.25) is 18.7 Å². The van der Waals surface area contributed by atoms with E-state index in [2.05, 4.69) is 5.16 Å². The number of aryl methyl sites for hydroxylation is 2. The summed E-state index contributed by atoms with van der Waals surface area (Å²) in [5.74, 6) is -0.865. The fraction of sp³-hybridized carbons (Fsp3) is 0.286. The lowest BCUT2D eigenvalue weighted by Gasteiger charge is -2.11. The average Bonchev–Trinajstić information content (AvgIpc) is 3.10. The van der Waals surface area contributed by atoms with Crippen LogP contribution in [0.2, 0.25) is 0 Å². The fourth-order valence-electron chi connectivity index (χ4n) is 2.98. The van der Waals surface area contributed by atoms with Crippen LogP contribution < -0.4 is 21.7 Å². The van der Waals surface area contributed by atoms with Crippen LogP contribution in [0.25, 0.3) is 0 Å². The number of anilines is 1. The van der Waals surface area contributed by atoms with Crippen molar-refractivity contribution < 1.29 is 23.6 Å². The maximum atomic E-state index is 12.5. The molecule has 2 aromatic heterocycles. The monoisotopic (exact) mass is 442 g/mol. The van der Waals surface area contributed by atoms with Gasteiger partial charge in [0.25, 0.3) is 5.56 Å². The molecule has 3 aromatic rings. The van der Waals surface area contributed by atoms with Crippen LogP contribution in [0.5, 0.6) is 5.75 Å². The van der Waals surface area contributed by atoms with Gasteiger partial charge in [0.2, 0.25) is 5.78 Å². The van der Waals surface area contributed by atoms with Gasteiger partial charge in [-0.1, -0.05) is 11.2 Å². The number of Topliss-reactive ketones (excluding diaryl/α,β-unsaturated/α-hetero) is 1. The van der Waals surface area contributed by atoms with Crippen molar-refractivity contribution in [3.63, 3.8) is 0 Å². The number of benzene rings is 1. The van der Waals surface area contributed by atoms with E-state index in [0.29, 0.717) is 17.2 Å². The summed E-state index contributed by atoms with van der Waals surface area (Å²) in [6.07, 6.45) is 0. The number of rotatable bonds is 7. The highest BCUT2D eigenvalue weighted by Crippen LogP contribution is 2.19. The van der Waals surface area contributed by atoms with Crippen molar-refractivity contribution in [1.29, 1.82) is 0 Å². The molecule has 168 valence electrons. The Morgan fingerprint density at radius 1 is 1.16 bits per heavy atom. The van der Waals surface area contributed by atoms with Crippen LogP contribution in [-0.2, 0) is 25.4 Å². The molecular formula is C21H22N4O7. The van der Waals surface area contributed by atoms with Crippen molar-refractivity contribution >= 4 is 17.6 Å². The van der Waals surface area contributed by atoms with Gasteiger partial charge in [0.1, 0.15) is 29.5 Å². The zero-order valence-corrected chi connectivity index (χ0v) is 18.0. The minimum Gasteiger partial charge on any atom is -0.489 e. The Hall–Kier alpha value is -4.15. The lowest BCUT2D eigenvalue weighted by molar-refractivity contribution is 0.0473. The third-order valence-electron chi connectivity index (χ3n) is 4.96. The Bertz CT molecular complexity index is 1300. The number of ketones is 1. The number of hydrogen-bond donors (Lipinski definition) is 1. The van der Waals surface area contributed by atoms with Crippen molar-refractivity contribution in [2.45, 2.75) is 20.5 Å². The first-order valence-electron chi connectivity index (χ1n) is 9.52. The van der Waals surface area contributed by atoms with Crippen molar-refractivity contribution in [3.8, 4) is 5.75 Å². The van der Waals surface area contributed by atoms with E-state index in [9.17, 15) is 19.2 Å². The number of nitrogens with zero attached hydrogens (tertiary/aromatic N) is 3. The van der Waals surface area contributed by atoms with E-state index in [1.807, 2.05) is 0 Å². The highest BCUT2D eigenvalue weighted by molar-refractivity contribution is 6.02. The second-order valence-electron chi connectivity index (χ2n) is 7.08. The molecule has 0 radical (unpaired) electrons. The van der Waals surface area contributed by atoms with Gasteiger partial charge in [-0.2, -0.15) is 0 Å². The third-order valence-corrected chi connectivity index (χ3v) is 4.96. The van der Waals surface area contributed by atoms with Gasteiger partial charge in [0.15, 0.2) is 6.61 Å². The summed E-state index contributed by atoms with van der Waals surface area (Å²) in [7, 11) is 2.55. The first-order valence-corrected chi connectivity index (χ1v) is 9.52. The molecule has 0 aliphatic rings. The first-order chi connectivity index (χ1) is 15.1. The lowest BCUT2D eigenvalue weighted by Crippen LogP contribution is -2.42. The Kier molecular flexibility index (Phi) is 6.28. The zero-order valence-electron chi connectivity index (χ0n) is 18.0. The number of nitrogens with two attached hydrogens (primary N) is 1. The second kappa shape index (κ2) is 8.92. The topological polar surface area (TPSA) is 149 Å². The molecule has 32 heavy (non-hydrogen) atoms. The standard InChI is InChI=1S/C21H22N4O7/c1-11-15(12(2)32-23-11)9-30-14-7-5-6-13(8-14)20(28)31-10-16(26)17-18(22)24(3)21(29)25(4)19(17)27/h5-8H,9-10,22H2,1-4H3. The fourth-order valence-corrected chi connectivity index (χ4v) is 2.98. The van der Waals surface area contributed by atoms with Crippen LogP contribution >= 0.6 is 0 Å². The van der Waals surface area contributed by atoms with Crippen LogP contribution in [-0.4, -0.2) is 32.7 Å². The number of carbonyl (C=O) groups excluding carboxylic acids is 2. The number of esters is 1. The minimum absolute atomic E-state index is 0.149. The molecule has 3 rings (SSSR count). The molecule has 0 saturated carbocycles. The maximum absolute atomic E-state index is 12.5. The maximum Gasteiger partial charge on any atom is 0.338 e. The Balaban J connectivity index is 1.70. The van der Waals surface area contributed by atoms with Crippen molar-refractivity contribution in [3.05, 3.63) is 73.2 Å². The predicted octanol–water partition coefficient (Wildman–Crippen LogP) is 0.890. The highest BCUT2D eigenvalue weighted by atomic mass is 16.5. The van der Waals surface area contributed by atoms with Crippen molar-refractivity contribution in [2.24, 2.45) is 14.1 Å². The van der Waals surface area contributed by atoms with Crippen molar-refractivity contribution in [2.75, 3.05) is 12.3 Å². The quantitative estimate of drug-likeness (QED) is 0.416. The summed E-state index contributed by atoms with van der Waals surface area (Å²) in [6, 6.07) is 6.22. The average molecular weight is 442 g/mol. The molecule has 0 saturated heterocycles. The van der Waals surface area contributed by atoms with E-state index in [4.69, 9.17) is 19.7 Å². The van der Waals surface area contributed by atoms with Crippen LogP contribution in [0.4, 0.5) is 5.82 Å². The molecule has 0 aliphatic carbocycles. The van der Waals surface area contributed by atoms with E-state index in [0.717, 1.165) is 14.7 Å². The van der Waals surface area contributed by atoms with Gasteiger partial charge in [-0.25, -0.2) is 9.59 Å². The molecule has 0 aliphatic heterocycles. The van der Waals surface area contributed by atoms with Gasteiger partial charge in [-0.05, 0) is 32.0 Å². The smallest absolute Gasteiger partial charge is 0.338 e. The molecule has 2 heterocycles. The van der Waals surface area contributed by atoms with E-state index in [1.54, 1.807) is 26.0 Å². The largest absolute Gasteiger partial charge is 0.489 e. The lowest BCUT2D eigenvalue weighted by atomic mass is 10.2. The minimum atomic E-state index is -0.860. The van der Waals surface area contributed by atoms with Crippen LogP contribution in [0.15, 0.2) is 38.4 Å². The SMILES string of the molecule is Cc1noc(C)c1COc1cccc(C(=O)OCC(=O)c2c(N)n(C)c(=O)n(C)c2=O)c1. The molecule has 0 unspecified atom stereocenters. The number of hydrogen-bond acceptors (Lipinski definition) is 9. The molecule has 0 atom stereocenters. The van der Waals surface area contributed by atoms with Gasteiger partial charge in [-0.15, -0.1) is 0 Å². The van der Waals surface area contributed by atoms with Gasteiger partial charge in [0.05, 0.1) is 16.8 Å². The van der Waals surface area contributed by atoms with Crippen LogP contribution in [0.1, 0.15) is 37.7 Å². The molecule has 0 bridgehead atoms. The summed E-state index contributed by atoms with van der Waals surface area (Å²) in [5.41, 5.74) is 5.46. The van der Waals surface area contributed by atoms with Gasteiger partial charge < -0.3 is 19.7 Å². The summed E-state index contributed by atoms with van der Waals surface area (Å²) in [5, 5.41) is 3.86. The van der Waals surface area contributed by atoms with E-state index < -0.39 is 35.2 Å². The molecule has 11 heteroatoms. The van der Waals surface area contributed by atoms with E-state index >= 15 is 0 Å².